The second kappa shape index (κ2) is 5.79. The quantitative estimate of drug-likeness (QED) is 0.801. The van der Waals surface area contributed by atoms with Gasteiger partial charge in [0.05, 0.1) is 31.1 Å². The topological polar surface area (TPSA) is 80.5 Å². The first-order valence-corrected chi connectivity index (χ1v) is 6.02. The van der Waals surface area contributed by atoms with Gasteiger partial charge in [-0.25, -0.2) is 4.98 Å². The molecule has 6 nitrogen and oxygen atoms in total. The van der Waals surface area contributed by atoms with E-state index in [-0.39, 0.29) is 5.91 Å². The van der Waals surface area contributed by atoms with Crippen molar-refractivity contribution in [1.82, 2.24) is 4.98 Å². The molecule has 1 saturated heterocycles. The highest BCUT2D eigenvalue weighted by molar-refractivity contribution is 5.93. The van der Waals surface area contributed by atoms with Crippen molar-refractivity contribution in [1.29, 1.82) is 0 Å². The van der Waals surface area contributed by atoms with Gasteiger partial charge in [0.2, 0.25) is 5.91 Å². The van der Waals surface area contributed by atoms with E-state index in [0.29, 0.717) is 5.82 Å². The number of amides is 1. The second-order valence-corrected chi connectivity index (χ2v) is 4.28. The molecular weight excluding hydrogens is 232 g/mol. The van der Waals surface area contributed by atoms with Crippen LogP contribution < -0.4 is 16.0 Å². The highest BCUT2D eigenvalue weighted by Crippen LogP contribution is 2.16. The Labute approximate surface area is 106 Å². The maximum Gasteiger partial charge on any atom is 0.242 e. The van der Waals surface area contributed by atoms with Crippen LogP contribution >= 0.6 is 0 Å². The Hall–Kier alpha value is -1.66. The van der Waals surface area contributed by atoms with E-state index < -0.39 is 6.04 Å². The molecule has 1 aromatic rings. The lowest BCUT2D eigenvalue weighted by molar-refractivity contribution is -0.117. The summed E-state index contributed by atoms with van der Waals surface area (Å²) in [5, 5.41) is 2.65. The number of carbonyl (C=O) groups excluding carboxylic acids is 1. The average molecular weight is 250 g/mol. The lowest BCUT2D eigenvalue weighted by Crippen LogP contribution is -2.36. The molecule has 0 bridgehead atoms. The molecule has 18 heavy (non-hydrogen) atoms. The van der Waals surface area contributed by atoms with Crippen LogP contribution in [-0.4, -0.2) is 43.2 Å². The molecule has 1 fully saturated rings. The number of ether oxygens (including phenoxy) is 1. The Kier molecular flexibility index (Phi) is 4.11. The van der Waals surface area contributed by atoms with Crippen molar-refractivity contribution < 1.29 is 9.53 Å². The Morgan fingerprint density at radius 2 is 2.22 bits per heavy atom. The summed E-state index contributed by atoms with van der Waals surface area (Å²) >= 11 is 0. The van der Waals surface area contributed by atoms with Gasteiger partial charge in [0.25, 0.3) is 0 Å². The van der Waals surface area contributed by atoms with Crippen LogP contribution in [0.5, 0.6) is 0 Å². The summed E-state index contributed by atoms with van der Waals surface area (Å²) in [6, 6.07) is 3.19. The highest BCUT2D eigenvalue weighted by Gasteiger charge is 2.12. The van der Waals surface area contributed by atoms with Crippen molar-refractivity contribution in [3.63, 3.8) is 0 Å². The third-order valence-electron chi connectivity index (χ3n) is 2.79. The largest absolute Gasteiger partial charge is 0.378 e. The maximum atomic E-state index is 11.4. The van der Waals surface area contributed by atoms with Crippen LogP contribution in [0.4, 0.5) is 11.5 Å². The molecule has 1 aromatic heterocycles. The SMILES string of the molecule is C[C@@H](N)C(=O)Nc1ccc(N2CCOCC2)cn1. The summed E-state index contributed by atoms with van der Waals surface area (Å²) in [4.78, 5) is 17.8. The van der Waals surface area contributed by atoms with Crippen LogP contribution in [0.25, 0.3) is 0 Å². The normalized spacial score (nSPS) is 17.3. The fourth-order valence-electron chi connectivity index (χ4n) is 1.71. The van der Waals surface area contributed by atoms with Crippen molar-refractivity contribution in [3.8, 4) is 0 Å². The third kappa shape index (κ3) is 3.18. The van der Waals surface area contributed by atoms with Crippen LogP contribution in [-0.2, 0) is 9.53 Å². The Balaban J connectivity index is 1.98. The number of pyridine rings is 1. The Bertz CT molecular complexity index is 399. The summed E-state index contributed by atoms with van der Waals surface area (Å²) in [6.45, 7) is 4.85. The van der Waals surface area contributed by atoms with Crippen LogP contribution in [0.2, 0.25) is 0 Å². The average Bonchev–Trinajstić information content (AvgIpc) is 2.40. The lowest BCUT2D eigenvalue weighted by atomic mass is 10.3. The maximum absolute atomic E-state index is 11.4. The van der Waals surface area contributed by atoms with E-state index in [2.05, 4.69) is 15.2 Å². The summed E-state index contributed by atoms with van der Waals surface area (Å²) in [5.74, 6) is 0.288. The number of hydrogen-bond donors (Lipinski definition) is 2. The summed E-state index contributed by atoms with van der Waals surface area (Å²) < 4.78 is 5.29. The monoisotopic (exact) mass is 250 g/mol. The Morgan fingerprint density at radius 3 is 2.78 bits per heavy atom. The van der Waals surface area contributed by atoms with Gasteiger partial charge in [0, 0.05) is 13.1 Å². The van der Waals surface area contributed by atoms with E-state index in [4.69, 9.17) is 10.5 Å². The molecule has 1 aliphatic heterocycles. The van der Waals surface area contributed by atoms with E-state index in [0.717, 1.165) is 32.0 Å². The van der Waals surface area contributed by atoms with Gasteiger partial charge < -0.3 is 20.7 Å². The van der Waals surface area contributed by atoms with Crippen LogP contribution in [0, 0.1) is 0 Å². The number of rotatable bonds is 3. The van der Waals surface area contributed by atoms with Crippen LogP contribution in [0.15, 0.2) is 18.3 Å². The number of morpholine rings is 1. The van der Waals surface area contributed by atoms with Gasteiger partial charge >= 0.3 is 0 Å². The number of nitrogens with zero attached hydrogens (tertiary/aromatic N) is 2. The van der Waals surface area contributed by atoms with Gasteiger partial charge in [-0.05, 0) is 19.1 Å². The zero-order chi connectivity index (χ0) is 13.0. The van der Waals surface area contributed by atoms with Gasteiger partial charge in [-0.15, -0.1) is 0 Å². The molecule has 0 aliphatic carbocycles. The molecule has 6 heteroatoms. The first-order valence-electron chi connectivity index (χ1n) is 6.02. The molecule has 0 radical (unpaired) electrons. The number of aromatic nitrogens is 1. The highest BCUT2D eigenvalue weighted by atomic mass is 16.5. The van der Waals surface area contributed by atoms with Crippen molar-refractivity contribution in [2.24, 2.45) is 5.73 Å². The predicted molar refractivity (Wildman–Crippen MR) is 69.5 cm³/mol. The number of carbonyl (C=O) groups is 1. The molecule has 0 aromatic carbocycles. The second-order valence-electron chi connectivity index (χ2n) is 4.28. The molecule has 0 saturated carbocycles. The van der Waals surface area contributed by atoms with Gasteiger partial charge in [-0.2, -0.15) is 0 Å². The van der Waals surface area contributed by atoms with Crippen molar-refractivity contribution >= 4 is 17.4 Å². The molecule has 0 spiro atoms. The van der Waals surface area contributed by atoms with Crippen molar-refractivity contribution in [2.75, 3.05) is 36.5 Å². The zero-order valence-electron chi connectivity index (χ0n) is 10.4. The molecule has 2 heterocycles. The molecule has 1 amide bonds. The van der Waals surface area contributed by atoms with E-state index in [1.807, 2.05) is 6.07 Å². The number of hydrogen-bond acceptors (Lipinski definition) is 5. The van der Waals surface area contributed by atoms with E-state index in [1.165, 1.54) is 0 Å². The van der Waals surface area contributed by atoms with E-state index in [9.17, 15) is 4.79 Å². The fraction of sp³-hybridized carbons (Fsp3) is 0.500. The van der Waals surface area contributed by atoms with E-state index >= 15 is 0 Å². The minimum atomic E-state index is -0.536. The molecule has 2 rings (SSSR count). The molecule has 3 N–H and O–H groups in total. The van der Waals surface area contributed by atoms with Gasteiger partial charge in [0.15, 0.2) is 0 Å². The van der Waals surface area contributed by atoms with E-state index in [1.54, 1.807) is 19.2 Å². The van der Waals surface area contributed by atoms with Crippen molar-refractivity contribution in [2.45, 2.75) is 13.0 Å². The molecule has 98 valence electrons. The third-order valence-corrected chi connectivity index (χ3v) is 2.79. The molecule has 0 unspecified atom stereocenters. The molecule has 1 aliphatic rings. The van der Waals surface area contributed by atoms with Crippen LogP contribution in [0.3, 0.4) is 0 Å². The summed E-state index contributed by atoms with van der Waals surface area (Å²) in [6.07, 6.45) is 1.75. The van der Waals surface area contributed by atoms with Gasteiger partial charge in [-0.3, -0.25) is 4.79 Å². The molecular formula is C12H18N4O2. The lowest BCUT2D eigenvalue weighted by Gasteiger charge is -2.28. The number of anilines is 2. The standard InChI is InChI=1S/C12H18N4O2/c1-9(13)12(17)15-11-3-2-10(8-14-11)16-4-6-18-7-5-16/h2-3,8-9H,4-7,13H2,1H3,(H,14,15,17)/t9-/m1/s1. The first-order chi connectivity index (χ1) is 8.66. The van der Waals surface area contributed by atoms with Gasteiger partial charge in [0.1, 0.15) is 5.82 Å². The Morgan fingerprint density at radius 1 is 1.50 bits per heavy atom. The summed E-state index contributed by atoms with van der Waals surface area (Å²) in [5.41, 5.74) is 6.51. The first kappa shape index (κ1) is 12.8. The molecule has 1 atom stereocenters. The fourth-order valence-corrected chi connectivity index (χ4v) is 1.71. The smallest absolute Gasteiger partial charge is 0.242 e. The minimum absolute atomic E-state index is 0.235. The predicted octanol–water partition coefficient (Wildman–Crippen LogP) is 0.204. The van der Waals surface area contributed by atoms with Gasteiger partial charge in [-0.1, -0.05) is 0 Å². The van der Waals surface area contributed by atoms with Crippen molar-refractivity contribution in [3.05, 3.63) is 18.3 Å². The number of nitrogens with one attached hydrogen (secondary N) is 1. The minimum Gasteiger partial charge on any atom is -0.378 e. The zero-order valence-corrected chi connectivity index (χ0v) is 10.4. The van der Waals surface area contributed by atoms with Crippen LogP contribution in [0.1, 0.15) is 6.92 Å². The number of nitrogens with two attached hydrogens (primary N) is 1. The summed E-state index contributed by atoms with van der Waals surface area (Å²) in [7, 11) is 0.